The molecule has 0 aliphatic rings. The highest BCUT2D eigenvalue weighted by atomic mass is 19.1. The SMILES string of the molecule is O=C(Nc1cccc(CNC(=O)c2cccc[n+]2[O-])c1)c1cccc(F)c1. The van der Waals surface area contributed by atoms with Crippen LogP contribution in [0.15, 0.2) is 72.9 Å². The third-order valence-electron chi connectivity index (χ3n) is 3.78. The fourth-order valence-electron chi connectivity index (χ4n) is 2.47. The number of pyridine rings is 1. The van der Waals surface area contributed by atoms with Crippen molar-refractivity contribution in [1.29, 1.82) is 0 Å². The van der Waals surface area contributed by atoms with Gasteiger partial charge in [0, 0.05) is 29.9 Å². The molecule has 0 aliphatic carbocycles. The molecule has 0 fully saturated rings. The number of aromatic nitrogens is 1. The maximum atomic E-state index is 13.2. The Hall–Kier alpha value is -3.74. The molecule has 1 heterocycles. The average molecular weight is 365 g/mol. The molecule has 7 heteroatoms. The summed E-state index contributed by atoms with van der Waals surface area (Å²) in [6, 6.07) is 16.8. The molecule has 0 atom stereocenters. The zero-order valence-electron chi connectivity index (χ0n) is 14.2. The molecule has 0 spiro atoms. The molecule has 27 heavy (non-hydrogen) atoms. The smallest absolute Gasteiger partial charge is 0.317 e. The van der Waals surface area contributed by atoms with E-state index in [1.807, 2.05) is 0 Å². The molecule has 0 saturated carbocycles. The van der Waals surface area contributed by atoms with Gasteiger partial charge in [-0.05, 0) is 42.0 Å². The Bertz CT molecular complexity index is 991. The number of nitrogens with one attached hydrogen (secondary N) is 2. The summed E-state index contributed by atoms with van der Waals surface area (Å²) >= 11 is 0. The van der Waals surface area contributed by atoms with Crippen LogP contribution in [0.4, 0.5) is 10.1 Å². The Morgan fingerprint density at radius 1 is 0.963 bits per heavy atom. The summed E-state index contributed by atoms with van der Waals surface area (Å²) in [5.41, 5.74) is 1.44. The van der Waals surface area contributed by atoms with Crippen LogP contribution in [-0.4, -0.2) is 11.8 Å². The van der Waals surface area contributed by atoms with E-state index in [-0.39, 0.29) is 17.8 Å². The minimum Gasteiger partial charge on any atom is -0.618 e. The van der Waals surface area contributed by atoms with Crippen molar-refractivity contribution in [3.63, 3.8) is 0 Å². The standard InChI is InChI=1S/C20H16FN3O3/c21-16-7-4-6-15(12-16)19(25)23-17-8-3-5-14(11-17)13-22-20(26)18-9-1-2-10-24(18)27/h1-12H,13H2,(H,22,26)(H,23,25). The van der Waals surface area contributed by atoms with Crippen LogP contribution in [0.25, 0.3) is 0 Å². The van der Waals surface area contributed by atoms with E-state index in [0.29, 0.717) is 10.4 Å². The molecule has 0 radical (unpaired) electrons. The second-order valence-corrected chi connectivity index (χ2v) is 5.76. The van der Waals surface area contributed by atoms with Crippen molar-refractivity contribution in [2.45, 2.75) is 6.54 Å². The summed E-state index contributed by atoms with van der Waals surface area (Å²) in [5, 5.41) is 16.9. The van der Waals surface area contributed by atoms with Crippen LogP contribution in [0.3, 0.4) is 0 Å². The Labute approximate surface area is 154 Å². The van der Waals surface area contributed by atoms with Crippen LogP contribution in [-0.2, 0) is 6.54 Å². The van der Waals surface area contributed by atoms with Crippen LogP contribution in [0.2, 0.25) is 0 Å². The Kier molecular flexibility index (Phi) is 5.41. The number of rotatable bonds is 5. The van der Waals surface area contributed by atoms with Gasteiger partial charge >= 0.3 is 5.91 Å². The van der Waals surface area contributed by atoms with Crippen molar-refractivity contribution in [2.75, 3.05) is 5.32 Å². The number of benzene rings is 2. The Morgan fingerprint density at radius 3 is 2.56 bits per heavy atom. The van der Waals surface area contributed by atoms with Crippen molar-refractivity contribution in [3.05, 3.63) is 101 Å². The van der Waals surface area contributed by atoms with Crippen LogP contribution < -0.4 is 15.4 Å². The third-order valence-corrected chi connectivity index (χ3v) is 3.78. The lowest BCUT2D eigenvalue weighted by Crippen LogP contribution is -2.38. The molecule has 6 nitrogen and oxygen atoms in total. The van der Waals surface area contributed by atoms with Crippen molar-refractivity contribution in [3.8, 4) is 0 Å². The number of nitrogens with zero attached hydrogens (tertiary/aromatic N) is 1. The first-order valence-corrected chi connectivity index (χ1v) is 8.15. The molecule has 0 saturated heterocycles. The van der Waals surface area contributed by atoms with E-state index in [4.69, 9.17) is 0 Å². The Morgan fingerprint density at radius 2 is 1.78 bits per heavy atom. The van der Waals surface area contributed by atoms with Crippen molar-refractivity contribution >= 4 is 17.5 Å². The summed E-state index contributed by atoms with van der Waals surface area (Å²) in [5.74, 6) is -1.43. The number of hydrogen-bond donors (Lipinski definition) is 2. The van der Waals surface area contributed by atoms with Gasteiger partial charge in [0.25, 0.3) is 11.6 Å². The molecular formula is C20H16FN3O3. The summed E-state index contributed by atoms with van der Waals surface area (Å²) in [6.45, 7) is 0.178. The predicted molar refractivity (Wildman–Crippen MR) is 97.4 cm³/mol. The molecule has 0 aliphatic heterocycles. The van der Waals surface area contributed by atoms with Gasteiger partial charge in [-0.3, -0.25) is 9.59 Å². The van der Waals surface area contributed by atoms with Gasteiger partial charge in [0.1, 0.15) is 5.82 Å². The molecule has 2 amide bonds. The second-order valence-electron chi connectivity index (χ2n) is 5.76. The average Bonchev–Trinajstić information content (AvgIpc) is 2.67. The molecule has 3 aromatic rings. The van der Waals surface area contributed by atoms with Gasteiger partial charge in [0.2, 0.25) is 0 Å². The molecule has 0 unspecified atom stereocenters. The van der Waals surface area contributed by atoms with Gasteiger partial charge in [0.15, 0.2) is 6.20 Å². The number of halogens is 1. The van der Waals surface area contributed by atoms with Gasteiger partial charge in [0.05, 0.1) is 0 Å². The number of amides is 2. The molecule has 2 N–H and O–H groups in total. The van der Waals surface area contributed by atoms with Crippen molar-refractivity contribution < 1.29 is 18.7 Å². The van der Waals surface area contributed by atoms with E-state index in [1.54, 1.807) is 30.3 Å². The van der Waals surface area contributed by atoms with Crippen LogP contribution in [0.1, 0.15) is 26.4 Å². The minimum absolute atomic E-state index is 0.00642. The first-order chi connectivity index (χ1) is 13.0. The van der Waals surface area contributed by atoms with E-state index < -0.39 is 17.6 Å². The molecule has 2 aromatic carbocycles. The highest BCUT2D eigenvalue weighted by Crippen LogP contribution is 2.13. The first kappa shape index (κ1) is 18.1. The first-order valence-electron chi connectivity index (χ1n) is 8.15. The topological polar surface area (TPSA) is 85.1 Å². The molecule has 136 valence electrons. The zero-order valence-corrected chi connectivity index (χ0v) is 14.2. The summed E-state index contributed by atoms with van der Waals surface area (Å²) in [4.78, 5) is 24.3. The summed E-state index contributed by atoms with van der Waals surface area (Å²) < 4.78 is 13.7. The number of anilines is 1. The lowest BCUT2D eigenvalue weighted by atomic mass is 10.1. The molecule has 3 rings (SSSR count). The number of hydrogen-bond acceptors (Lipinski definition) is 3. The van der Waals surface area contributed by atoms with Gasteiger partial charge in [-0.2, -0.15) is 4.73 Å². The Balaban J connectivity index is 1.64. The maximum absolute atomic E-state index is 13.2. The second kappa shape index (κ2) is 8.09. The van der Waals surface area contributed by atoms with E-state index in [9.17, 15) is 19.2 Å². The molecule has 0 bridgehead atoms. The number of carbonyl (C=O) groups excluding carboxylic acids is 2. The van der Waals surface area contributed by atoms with Crippen LogP contribution in [0, 0.1) is 11.0 Å². The zero-order chi connectivity index (χ0) is 19.2. The van der Waals surface area contributed by atoms with Crippen LogP contribution in [0.5, 0.6) is 0 Å². The molecular weight excluding hydrogens is 349 g/mol. The molecule has 1 aromatic heterocycles. The summed E-state index contributed by atoms with van der Waals surface area (Å²) in [6.07, 6.45) is 1.25. The minimum atomic E-state index is -0.500. The van der Waals surface area contributed by atoms with Gasteiger partial charge in [-0.15, -0.1) is 0 Å². The highest BCUT2D eigenvalue weighted by Gasteiger charge is 2.14. The van der Waals surface area contributed by atoms with Crippen molar-refractivity contribution in [1.82, 2.24) is 5.32 Å². The fourth-order valence-corrected chi connectivity index (χ4v) is 2.47. The lowest BCUT2D eigenvalue weighted by molar-refractivity contribution is -0.607. The third kappa shape index (κ3) is 4.66. The lowest BCUT2D eigenvalue weighted by Gasteiger charge is -2.09. The van der Waals surface area contributed by atoms with E-state index in [2.05, 4.69) is 10.6 Å². The summed E-state index contributed by atoms with van der Waals surface area (Å²) in [7, 11) is 0. The van der Waals surface area contributed by atoms with Gasteiger partial charge in [-0.25, -0.2) is 4.39 Å². The normalized spacial score (nSPS) is 10.3. The quantitative estimate of drug-likeness (QED) is 0.538. The van der Waals surface area contributed by atoms with Gasteiger partial charge < -0.3 is 15.8 Å². The maximum Gasteiger partial charge on any atom is 0.317 e. The van der Waals surface area contributed by atoms with Crippen molar-refractivity contribution in [2.24, 2.45) is 0 Å². The largest absolute Gasteiger partial charge is 0.618 e. The van der Waals surface area contributed by atoms with Crippen LogP contribution >= 0.6 is 0 Å². The van der Waals surface area contributed by atoms with E-state index in [0.717, 1.165) is 11.6 Å². The number of carbonyl (C=O) groups is 2. The fraction of sp³-hybridized carbons (Fsp3) is 0.0500. The van der Waals surface area contributed by atoms with E-state index in [1.165, 1.54) is 36.5 Å². The highest BCUT2D eigenvalue weighted by molar-refractivity contribution is 6.04. The predicted octanol–water partition coefficient (Wildman–Crippen LogP) is 2.64. The van der Waals surface area contributed by atoms with E-state index >= 15 is 0 Å². The monoisotopic (exact) mass is 365 g/mol. The van der Waals surface area contributed by atoms with Gasteiger partial charge in [-0.1, -0.05) is 18.2 Å².